The summed E-state index contributed by atoms with van der Waals surface area (Å²) in [6, 6.07) is 4.15. The van der Waals surface area contributed by atoms with E-state index >= 15 is 0 Å². The molecule has 1 aromatic rings. The number of nitrogens with one attached hydrogen (secondary N) is 1. The van der Waals surface area contributed by atoms with Gasteiger partial charge in [-0.25, -0.2) is 0 Å². The molecule has 0 fully saturated rings. The Kier molecular flexibility index (Phi) is 4.53. The van der Waals surface area contributed by atoms with Gasteiger partial charge in [-0.3, -0.25) is 9.59 Å². The molecule has 0 radical (unpaired) electrons. The van der Waals surface area contributed by atoms with Crippen molar-refractivity contribution in [3.8, 4) is 5.75 Å². The van der Waals surface area contributed by atoms with E-state index in [9.17, 15) is 9.59 Å². The number of primary amides is 1. The lowest BCUT2D eigenvalue weighted by Gasteiger charge is -2.14. The standard InChI is InChI=1S/C12H17N3O3/c1-3-18-9-6-4-5-8(13)10(9)12(17)15-7(2)11(14)16/h4-7H,3,13H2,1-2H3,(H2,14,16)(H,15,17). The molecular weight excluding hydrogens is 234 g/mol. The van der Waals surface area contributed by atoms with Crippen LogP contribution in [0.1, 0.15) is 24.2 Å². The van der Waals surface area contributed by atoms with Gasteiger partial charge in [0.25, 0.3) is 5.91 Å². The Morgan fingerprint density at radius 1 is 1.44 bits per heavy atom. The number of rotatable bonds is 5. The van der Waals surface area contributed by atoms with E-state index < -0.39 is 17.9 Å². The van der Waals surface area contributed by atoms with Gasteiger partial charge in [0.1, 0.15) is 17.4 Å². The summed E-state index contributed by atoms with van der Waals surface area (Å²) in [4.78, 5) is 22.9. The minimum Gasteiger partial charge on any atom is -0.493 e. The maximum atomic E-state index is 12.0. The van der Waals surface area contributed by atoms with Gasteiger partial charge in [-0.15, -0.1) is 0 Å². The molecular formula is C12H17N3O3. The summed E-state index contributed by atoms with van der Waals surface area (Å²) in [7, 11) is 0. The molecule has 5 N–H and O–H groups in total. The van der Waals surface area contributed by atoms with E-state index in [4.69, 9.17) is 16.2 Å². The summed E-state index contributed by atoms with van der Waals surface area (Å²) in [6.07, 6.45) is 0. The lowest BCUT2D eigenvalue weighted by molar-refractivity contribution is -0.119. The Balaban J connectivity index is 3.00. The van der Waals surface area contributed by atoms with Crippen molar-refractivity contribution in [2.45, 2.75) is 19.9 Å². The zero-order valence-corrected chi connectivity index (χ0v) is 10.4. The average Bonchev–Trinajstić information content (AvgIpc) is 2.29. The van der Waals surface area contributed by atoms with Gasteiger partial charge in [0, 0.05) is 5.69 Å². The van der Waals surface area contributed by atoms with E-state index in [0.29, 0.717) is 12.4 Å². The highest BCUT2D eigenvalue weighted by Gasteiger charge is 2.19. The first-order valence-electron chi connectivity index (χ1n) is 5.58. The van der Waals surface area contributed by atoms with Crippen LogP contribution in [-0.2, 0) is 4.79 Å². The first-order chi connectivity index (χ1) is 8.47. The fourth-order valence-electron chi connectivity index (χ4n) is 1.41. The molecule has 0 aromatic heterocycles. The first kappa shape index (κ1) is 13.8. The number of benzene rings is 1. The molecule has 18 heavy (non-hydrogen) atoms. The second-order valence-electron chi connectivity index (χ2n) is 3.75. The van der Waals surface area contributed by atoms with Crippen molar-refractivity contribution in [1.29, 1.82) is 0 Å². The largest absolute Gasteiger partial charge is 0.493 e. The quantitative estimate of drug-likeness (QED) is 0.653. The third-order valence-corrected chi connectivity index (χ3v) is 2.36. The molecule has 6 nitrogen and oxygen atoms in total. The van der Waals surface area contributed by atoms with Crippen LogP contribution in [0.2, 0.25) is 0 Å². The predicted octanol–water partition coefficient (Wildman–Crippen LogP) is 0.271. The minimum atomic E-state index is -0.772. The number of nitrogen functional groups attached to an aromatic ring is 1. The van der Waals surface area contributed by atoms with Gasteiger partial charge in [-0.05, 0) is 26.0 Å². The molecule has 0 aliphatic carbocycles. The van der Waals surface area contributed by atoms with Gasteiger partial charge in [-0.2, -0.15) is 0 Å². The SMILES string of the molecule is CCOc1cccc(N)c1C(=O)NC(C)C(N)=O. The summed E-state index contributed by atoms with van der Waals surface area (Å²) in [5.74, 6) is -0.717. The van der Waals surface area contributed by atoms with E-state index in [1.54, 1.807) is 25.1 Å². The zero-order valence-electron chi connectivity index (χ0n) is 10.4. The normalized spacial score (nSPS) is 11.7. The van der Waals surface area contributed by atoms with Crippen LogP contribution in [0.3, 0.4) is 0 Å². The molecule has 6 heteroatoms. The predicted molar refractivity (Wildman–Crippen MR) is 68.1 cm³/mol. The van der Waals surface area contributed by atoms with Gasteiger partial charge in [0.2, 0.25) is 5.91 Å². The lowest BCUT2D eigenvalue weighted by Crippen LogP contribution is -2.42. The summed E-state index contributed by atoms with van der Waals surface area (Å²) in [5.41, 5.74) is 11.3. The second kappa shape index (κ2) is 5.90. The Morgan fingerprint density at radius 3 is 2.67 bits per heavy atom. The van der Waals surface area contributed by atoms with Crippen molar-refractivity contribution in [2.75, 3.05) is 12.3 Å². The number of anilines is 1. The maximum absolute atomic E-state index is 12.0. The first-order valence-corrected chi connectivity index (χ1v) is 5.58. The molecule has 1 rings (SSSR count). The highest BCUT2D eigenvalue weighted by molar-refractivity contribution is 6.03. The highest BCUT2D eigenvalue weighted by Crippen LogP contribution is 2.24. The Labute approximate surface area is 105 Å². The van der Waals surface area contributed by atoms with Crippen molar-refractivity contribution >= 4 is 17.5 Å². The van der Waals surface area contributed by atoms with E-state index in [-0.39, 0.29) is 11.3 Å². The van der Waals surface area contributed by atoms with Gasteiger partial charge < -0.3 is 21.5 Å². The van der Waals surface area contributed by atoms with Crippen molar-refractivity contribution in [2.24, 2.45) is 5.73 Å². The molecule has 0 heterocycles. The number of amides is 2. The van der Waals surface area contributed by atoms with Crippen molar-refractivity contribution < 1.29 is 14.3 Å². The molecule has 0 saturated carbocycles. The van der Waals surface area contributed by atoms with Gasteiger partial charge >= 0.3 is 0 Å². The van der Waals surface area contributed by atoms with Crippen LogP contribution in [0.5, 0.6) is 5.75 Å². The fourth-order valence-corrected chi connectivity index (χ4v) is 1.41. The zero-order chi connectivity index (χ0) is 13.7. The van der Waals surface area contributed by atoms with Crippen molar-refractivity contribution in [3.63, 3.8) is 0 Å². The molecule has 98 valence electrons. The fraction of sp³-hybridized carbons (Fsp3) is 0.333. The van der Waals surface area contributed by atoms with E-state index in [0.717, 1.165) is 0 Å². The van der Waals surface area contributed by atoms with Crippen molar-refractivity contribution in [3.05, 3.63) is 23.8 Å². The number of carbonyl (C=O) groups is 2. The van der Waals surface area contributed by atoms with Gasteiger partial charge in [0.15, 0.2) is 0 Å². The Morgan fingerprint density at radius 2 is 2.11 bits per heavy atom. The van der Waals surface area contributed by atoms with Crippen LogP contribution in [0.15, 0.2) is 18.2 Å². The molecule has 0 bridgehead atoms. The molecule has 2 amide bonds. The molecule has 1 aromatic carbocycles. The van der Waals surface area contributed by atoms with Crippen LogP contribution in [-0.4, -0.2) is 24.5 Å². The number of carbonyl (C=O) groups excluding carboxylic acids is 2. The number of ether oxygens (including phenoxy) is 1. The van der Waals surface area contributed by atoms with Crippen LogP contribution >= 0.6 is 0 Å². The third kappa shape index (κ3) is 3.13. The average molecular weight is 251 g/mol. The molecule has 0 saturated heterocycles. The number of hydrogen-bond acceptors (Lipinski definition) is 4. The maximum Gasteiger partial charge on any atom is 0.257 e. The summed E-state index contributed by atoms with van der Waals surface area (Å²) < 4.78 is 5.32. The topological polar surface area (TPSA) is 107 Å². The lowest BCUT2D eigenvalue weighted by atomic mass is 10.1. The minimum absolute atomic E-state index is 0.215. The van der Waals surface area contributed by atoms with E-state index in [2.05, 4.69) is 5.32 Å². The molecule has 1 unspecified atom stereocenters. The second-order valence-corrected chi connectivity index (χ2v) is 3.75. The summed E-state index contributed by atoms with van der Waals surface area (Å²) in [5, 5.41) is 2.46. The van der Waals surface area contributed by atoms with E-state index in [1.807, 2.05) is 0 Å². The van der Waals surface area contributed by atoms with E-state index in [1.165, 1.54) is 6.92 Å². The molecule has 0 aliphatic rings. The third-order valence-electron chi connectivity index (χ3n) is 2.36. The van der Waals surface area contributed by atoms with Gasteiger partial charge in [-0.1, -0.05) is 6.07 Å². The van der Waals surface area contributed by atoms with Gasteiger partial charge in [0.05, 0.1) is 6.61 Å². The number of nitrogens with two attached hydrogens (primary N) is 2. The van der Waals surface area contributed by atoms with Crippen LogP contribution in [0, 0.1) is 0 Å². The van der Waals surface area contributed by atoms with Crippen LogP contribution in [0.25, 0.3) is 0 Å². The smallest absolute Gasteiger partial charge is 0.257 e. The monoisotopic (exact) mass is 251 g/mol. The van der Waals surface area contributed by atoms with Crippen LogP contribution < -0.4 is 21.5 Å². The van der Waals surface area contributed by atoms with Crippen LogP contribution in [0.4, 0.5) is 5.69 Å². The molecule has 1 atom stereocenters. The summed E-state index contributed by atoms with van der Waals surface area (Å²) in [6.45, 7) is 3.71. The Bertz CT molecular complexity index is 460. The summed E-state index contributed by atoms with van der Waals surface area (Å²) >= 11 is 0. The molecule has 0 aliphatic heterocycles. The number of hydrogen-bond donors (Lipinski definition) is 3. The van der Waals surface area contributed by atoms with Crippen molar-refractivity contribution in [1.82, 2.24) is 5.32 Å². The highest BCUT2D eigenvalue weighted by atomic mass is 16.5. The Hall–Kier alpha value is -2.24. The molecule has 0 spiro atoms.